The summed E-state index contributed by atoms with van der Waals surface area (Å²) >= 11 is 12.7. The molecule has 2 aliphatic heterocycles. The van der Waals surface area contributed by atoms with Gasteiger partial charge in [-0.3, -0.25) is 29.5 Å². The Morgan fingerprint density at radius 1 is 0.796 bits per heavy atom. The van der Waals surface area contributed by atoms with Crippen LogP contribution in [-0.2, 0) is 24.6 Å². The largest absolute Gasteiger partial charge is 0.508 e. The van der Waals surface area contributed by atoms with E-state index in [0.29, 0.717) is 33.2 Å². The summed E-state index contributed by atoms with van der Waals surface area (Å²) in [6.07, 6.45) is 2.22. The fourth-order valence-corrected chi connectivity index (χ4v) is 9.65. The smallest absolute Gasteiger partial charge is 0.260 e. The molecule has 4 aromatic rings. The maximum Gasteiger partial charge on any atom is 0.260 e. The normalized spacial score (nSPS) is 25.9. The third-order valence-corrected chi connectivity index (χ3v) is 12.0. The van der Waals surface area contributed by atoms with Crippen LogP contribution in [0.5, 0.6) is 23.0 Å². The van der Waals surface area contributed by atoms with Gasteiger partial charge in [0.25, 0.3) is 11.8 Å². The summed E-state index contributed by atoms with van der Waals surface area (Å²) in [6, 6.07) is 23.3. The minimum absolute atomic E-state index is 0.0665. The lowest BCUT2D eigenvalue weighted by Gasteiger charge is -2.51. The second-order valence-corrected chi connectivity index (χ2v) is 14.7. The number of fused-ring (bicyclic) bond motifs is 4. The quantitative estimate of drug-likeness (QED) is 0.145. The van der Waals surface area contributed by atoms with Crippen molar-refractivity contribution < 1.29 is 38.5 Å². The first-order valence-electron chi connectivity index (χ1n) is 17.4. The lowest BCUT2D eigenvalue weighted by Crippen LogP contribution is -2.53. The van der Waals surface area contributed by atoms with Crippen molar-refractivity contribution in [1.29, 1.82) is 0 Å². The third-order valence-electron chi connectivity index (χ3n) is 11.4. The van der Waals surface area contributed by atoms with E-state index in [1.165, 1.54) is 44.4 Å². The summed E-state index contributed by atoms with van der Waals surface area (Å²) in [7, 11) is 4.41. The van der Waals surface area contributed by atoms with Gasteiger partial charge in [-0.2, -0.15) is 5.01 Å². The SMILES string of the molecule is COc1ccc([C@@]23C(=O)N(Nc4ccc(Cl)cc4Cl)C(=O)[C@@H]2C[C@@H]2C(=CC[C@@H]4C(=O)N(c5ccccc5)C(=O)[C@@H]42)[C@@H]3c2c(OC)cc(O)cc2OC)cc1. The molecule has 2 heterocycles. The van der Waals surface area contributed by atoms with Gasteiger partial charge in [0.05, 0.1) is 60.9 Å². The van der Waals surface area contributed by atoms with Crippen LogP contribution in [0.4, 0.5) is 11.4 Å². The van der Waals surface area contributed by atoms with Gasteiger partial charge in [-0.05, 0) is 66.8 Å². The molecule has 4 aliphatic rings. The Labute approximate surface area is 321 Å². The molecule has 4 aromatic carbocycles. The Bertz CT molecular complexity index is 2220. The Morgan fingerprint density at radius 2 is 1.48 bits per heavy atom. The molecule has 13 heteroatoms. The number of hydrogen-bond acceptors (Lipinski definition) is 9. The van der Waals surface area contributed by atoms with Crippen molar-refractivity contribution in [3.05, 3.63) is 118 Å². The average Bonchev–Trinajstić information content (AvgIpc) is 3.56. The van der Waals surface area contributed by atoms with Crippen molar-refractivity contribution >= 4 is 58.2 Å². The molecule has 2 aliphatic carbocycles. The number of benzene rings is 4. The molecule has 3 fully saturated rings. The number of hydrazine groups is 1. The average molecular weight is 769 g/mol. The fraction of sp³-hybridized carbons (Fsp3) is 0.268. The van der Waals surface area contributed by atoms with Gasteiger partial charge >= 0.3 is 0 Å². The first kappa shape index (κ1) is 35.5. The van der Waals surface area contributed by atoms with Crippen molar-refractivity contribution in [2.45, 2.75) is 24.2 Å². The maximum absolute atomic E-state index is 15.6. The highest BCUT2D eigenvalue weighted by molar-refractivity contribution is 6.36. The fourth-order valence-electron chi connectivity index (χ4n) is 9.20. The zero-order valence-electron chi connectivity index (χ0n) is 29.4. The van der Waals surface area contributed by atoms with Crippen LogP contribution in [0.1, 0.15) is 29.9 Å². The second kappa shape index (κ2) is 13.4. The third kappa shape index (κ3) is 5.16. The Balaban J connectivity index is 1.39. The number of carbonyl (C=O) groups is 4. The van der Waals surface area contributed by atoms with E-state index in [4.69, 9.17) is 37.4 Å². The van der Waals surface area contributed by atoms with Crippen LogP contribution in [-0.4, -0.2) is 55.1 Å². The number of allylic oxidation sites excluding steroid dienone is 2. The van der Waals surface area contributed by atoms with Crippen molar-refractivity contribution in [1.82, 2.24) is 5.01 Å². The van der Waals surface area contributed by atoms with E-state index in [2.05, 4.69) is 5.43 Å². The zero-order valence-corrected chi connectivity index (χ0v) is 30.9. The summed E-state index contributed by atoms with van der Waals surface area (Å²) in [5.41, 5.74) is 3.66. The standard InChI is InChI=1S/C41H35Cl2N3O8/c1-52-25-12-9-21(10-13-25)41-29(38(49)46(40(41)51)44-31-16-11-22(42)17-30(31)43)20-28-26(36(41)35-32(53-2)18-24(47)19-33(35)54-3)14-15-27-34(28)39(50)45(37(27)48)23-7-5-4-6-8-23/h4-14,16-19,27-29,34,36,44,47H,15,20H2,1-3H3/t27-,28+,29-,34-,36+,41+/m0/s1. The van der Waals surface area contributed by atoms with Crippen LogP contribution in [0.2, 0.25) is 10.0 Å². The van der Waals surface area contributed by atoms with Crippen LogP contribution in [0.15, 0.2) is 96.6 Å². The molecule has 6 atom stereocenters. The van der Waals surface area contributed by atoms with Gasteiger partial charge in [0.2, 0.25) is 11.8 Å². The number of hydrogen-bond donors (Lipinski definition) is 2. The highest BCUT2D eigenvalue weighted by atomic mass is 35.5. The summed E-state index contributed by atoms with van der Waals surface area (Å²) in [5.74, 6) is -5.22. The molecule has 54 heavy (non-hydrogen) atoms. The molecule has 0 radical (unpaired) electrons. The number of aromatic hydroxyl groups is 1. The topological polar surface area (TPSA) is 135 Å². The van der Waals surface area contributed by atoms with Crippen LogP contribution < -0.4 is 24.5 Å². The number of nitrogens with zero attached hydrogens (tertiary/aromatic N) is 2. The molecule has 2 saturated heterocycles. The number of para-hydroxylation sites is 1. The predicted molar refractivity (Wildman–Crippen MR) is 201 cm³/mol. The van der Waals surface area contributed by atoms with E-state index in [1.54, 1.807) is 60.7 Å². The van der Waals surface area contributed by atoms with E-state index in [-0.39, 0.29) is 52.6 Å². The van der Waals surface area contributed by atoms with E-state index in [9.17, 15) is 14.7 Å². The highest BCUT2D eigenvalue weighted by Gasteiger charge is 2.71. The van der Waals surface area contributed by atoms with E-state index in [0.717, 1.165) is 5.01 Å². The van der Waals surface area contributed by atoms with Crippen molar-refractivity contribution in [3.63, 3.8) is 0 Å². The number of phenols is 1. The number of carbonyl (C=O) groups excluding carboxylic acids is 4. The predicted octanol–water partition coefficient (Wildman–Crippen LogP) is 6.91. The first-order valence-corrected chi connectivity index (χ1v) is 18.1. The molecule has 0 unspecified atom stereocenters. The minimum Gasteiger partial charge on any atom is -0.508 e. The van der Waals surface area contributed by atoms with Crippen LogP contribution in [0.25, 0.3) is 0 Å². The van der Waals surface area contributed by atoms with Gasteiger partial charge in [0.15, 0.2) is 0 Å². The second-order valence-electron chi connectivity index (χ2n) is 13.8. The summed E-state index contributed by atoms with van der Waals surface area (Å²) < 4.78 is 17.3. The molecule has 0 aromatic heterocycles. The molecule has 2 N–H and O–H groups in total. The molecular weight excluding hydrogens is 733 g/mol. The van der Waals surface area contributed by atoms with E-state index < -0.39 is 46.8 Å². The Morgan fingerprint density at radius 3 is 2.11 bits per heavy atom. The molecule has 0 bridgehead atoms. The number of amides is 4. The summed E-state index contributed by atoms with van der Waals surface area (Å²) in [5, 5.41) is 12.3. The molecule has 4 amide bonds. The number of methoxy groups -OCH3 is 3. The molecule has 276 valence electrons. The van der Waals surface area contributed by atoms with Crippen molar-refractivity contribution in [2.75, 3.05) is 31.7 Å². The summed E-state index contributed by atoms with van der Waals surface area (Å²) in [6.45, 7) is 0. The van der Waals surface area contributed by atoms with Gasteiger partial charge in [0, 0.05) is 28.6 Å². The number of halogens is 2. The molecule has 8 rings (SSSR count). The first-order chi connectivity index (χ1) is 26.0. The van der Waals surface area contributed by atoms with Gasteiger partial charge in [-0.15, -0.1) is 0 Å². The highest BCUT2D eigenvalue weighted by Crippen LogP contribution is 2.66. The number of anilines is 2. The molecule has 1 saturated carbocycles. The molecular formula is C41H35Cl2N3O8. The monoisotopic (exact) mass is 767 g/mol. The van der Waals surface area contributed by atoms with E-state index in [1.807, 2.05) is 12.1 Å². The van der Waals surface area contributed by atoms with Crippen LogP contribution in [0, 0.1) is 23.7 Å². The molecule has 0 spiro atoms. The van der Waals surface area contributed by atoms with Gasteiger partial charge in [0.1, 0.15) is 23.0 Å². The van der Waals surface area contributed by atoms with Crippen molar-refractivity contribution in [3.8, 4) is 23.0 Å². The maximum atomic E-state index is 15.6. The lowest BCUT2D eigenvalue weighted by atomic mass is 9.49. The Hall–Kier alpha value is -5.52. The van der Waals surface area contributed by atoms with Crippen LogP contribution in [0.3, 0.4) is 0 Å². The van der Waals surface area contributed by atoms with Gasteiger partial charge < -0.3 is 19.3 Å². The van der Waals surface area contributed by atoms with Gasteiger partial charge in [-0.1, -0.05) is 65.2 Å². The lowest BCUT2D eigenvalue weighted by molar-refractivity contribution is -0.138. The number of phenolic OH excluding ortho intramolecular Hbond substituents is 1. The van der Waals surface area contributed by atoms with Crippen LogP contribution >= 0.6 is 23.2 Å². The number of ether oxygens (including phenoxy) is 3. The number of imide groups is 2. The number of nitrogens with one attached hydrogen (secondary N) is 1. The van der Waals surface area contributed by atoms with E-state index >= 15 is 9.59 Å². The molecule has 11 nitrogen and oxygen atoms in total. The zero-order chi connectivity index (χ0) is 38.1. The van der Waals surface area contributed by atoms with Gasteiger partial charge in [-0.25, -0.2) is 0 Å². The van der Waals surface area contributed by atoms with Crippen molar-refractivity contribution in [2.24, 2.45) is 23.7 Å². The number of rotatable bonds is 8. The minimum atomic E-state index is -1.66. The Kier molecular flexibility index (Phi) is 8.81. The summed E-state index contributed by atoms with van der Waals surface area (Å²) in [4.78, 5) is 60.4.